The molecule has 0 radical (unpaired) electrons. The summed E-state index contributed by atoms with van der Waals surface area (Å²) in [4.78, 5) is 11.4. The Labute approximate surface area is 68.9 Å². The Morgan fingerprint density at radius 2 is 1.82 bits per heavy atom. The van der Waals surface area contributed by atoms with E-state index in [4.69, 9.17) is 4.74 Å². The summed E-state index contributed by atoms with van der Waals surface area (Å²) < 4.78 is 4.80. The molecule has 1 saturated carbocycles. The van der Waals surface area contributed by atoms with Crippen LogP contribution in [0.5, 0.6) is 0 Å². The van der Waals surface area contributed by atoms with E-state index in [1.54, 1.807) is 0 Å². The fourth-order valence-electron chi connectivity index (χ4n) is 1.58. The number of methoxy groups -OCH3 is 1. The van der Waals surface area contributed by atoms with Crippen LogP contribution in [0.4, 0.5) is 0 Å². The van der Waals surface area contributed by atoms with Gasteiger partial charge in [0.2, 0.25) is 0 Å². The van der Waals surface area contributed by atoms with Gasteiger partial charge >= 0.3 is 5.97 Å². The van der Waals surface area contributed by atoms with Gasteiger partial charge in [0.1, 0.15) is 0 Å². The molecule has 1 fully saturated rings. The molecule has 0 bridgehead atoms. The average Bonchev–Trinajstić information content (AvgIpc) is 2.63. The van der Waals surface area contributed by atoms with E-state index in [0.717, 1.165) is 12.8 Å². The van der Waals surface area contributed by atoms with E-state index in [9.17, 15) is 4.79 Å². The van der Waals surface area contributed by atoms with Gasteiger partial charge in [-0.15, -0.1) is 0 Å². The van der Waals surface area contributed by atoms with Gasteiger partial charge in [-0.3, -0.25) is 4.79 Å². The van der Waals surface area contributed by atoms with Gasteiger partial charge in [0.25, 0.3) is 0 Å². The van der Waals surface area contributed by atoms with Crippen LogP contribution >= 0.6 is 0 Å². The summed E-state index contributed by atoms with van der Waals surface area (Å²) in [6, 6.07) is 0. The molecule has 2 nitrogen and oxygen atoms in total. The maximum absolute atomic E-state index is 11.4. The third kappa shape index (κ3) is 1.22. The highest BCUT2D eigenvalue weighted by molar-refractivity contribution is 6.83. The molecular weight excluding hydrogens is 156 g/mol. The number of ether oxygens (including phenoxy) is 1. The summed E-state index contributed by atoms with van der Waals surface area (Å²) in [7, 11) is 0.156. The van der Waals surface area contributed by atoms with Crippen LogP contribution in [0.1, 0.15) is 12.8 Å². The van der Waals surface area contributed by atoms with Crippen molar-refractivity contribution in [3.8, 4) is 0 Å². The lowest BCUT2D eigenvalue weighted by Gasteiger charge is -2.25. The zero-order chi connectivity index (χ0) is 8.70. The summed E-state index contributed by atoms with van der Waals surface area (Å²) in [6.45, 7) is 6.70. The Balaban J connectivity index is 2.76. The lowest BCUT2D eigenvalue weighted by atomic mass is 10.4. The van der Waals surface area contributed by atoms with Crippen LogP contribution in [0.3, 0.4) is 0 Å². The van der Waals surface area contributed by atoms with Crippen molar-refractivity contribution in [1.29, 1.82) is 0 Å². The molecule has 0 amide bonds. The van der Waals surface area contributed by atoms with Gasteiger partial charge < -0.3 is 4.74 Å². The van der Waals surface area contributed by atoms with Gasteiger partial charge in [0.15, 0.2) is 0 Å². The highest BCUT2D eigenvalue weighted by Crippen LogP contribution is 2.61. The number of carbonyl (C=O) groups excluding carboxylic acids is 1. The van der Waals surface area contributed by atoms with E-state index in [1.807, 2.05) is 0 Å². The first-order chi connectivity index (χ1) is 4.94. The monoisotopic (exact) mass is 172 g/mol. The van der Waals surface area contributed by atoms with Crippen LogP contribution in [0.15, 0.2) is 0 Å². The van der Waals surface area contributed by atoms with Crippen molar-refractivity contribution in [3.05, 3.63) is 0 Å². The zero-order valence-corrected chi connectivity index (χ0v) is 8.73. The molecule has 0 aromatic rings. The van der Waals surface area contributed by atoms with E-state index in [2.05, 4.69) is 19.6 Å². The third-order valence-electron chi connectivity index (χ3n) is 2.76. The first-order valence-electron chi connectivity index (χ1n) is 4.02. The standard InChI is InChI=1S/C8H16O2Si/c1-10-7(9)8(5-6-8)11(2,3)4/h5-6H2,1-4H3. The van der Waals surface area contributed by atoms with Crippen LogP contribution in [-0.4, -0.2) is 21.2 Å². The number of hydrogen-bond donors (Lipinski definition) is 0. The topological polar surface area (TPSA) is 26.3 Å². The van der Waals surface area contributed by atoms with E-state index in [1.165, 1.54) is 7.11 Å². The van der Waals surface area contributed by atoms with E-state index in [-0.39, 0.29) is 11.0 Å². The van der Waals surface area contributed by atoms with Crippen LogP contribution in [0, 0.1) is 0 Å². The molecule has 0 unspecified atom stereocenters. The number of esters is 1. The summed E-state index contributed by atoms with van der Waals surface area (Å²) in [5, 5.41) is -0.0260. The van der Waals surface area contributed by atoms with Crippen LogP contribution in [0.25, 0.3) is 0 Å². The molecule has 0 aromatic heterocycles. The molecule has 0 spiro atoms. The predicted molar refractivity (Wildman–Crippen MR) is 47.3 cm³/mol. The number of hydrogen-bond acceptors (Lipinski definition) is 2. The minimum Gasteiger partial charge on any atom is -0.469 e. The molecule has 1 aliphatic rings. The van der Waals surface area contributed by atoms with Gasteiger partial charge in [-0.05, 0) is 12.8 Å². The van der Waals surface area contributed by atoms with Crippen molar-refractivity contribution in [3.63, 3.8) is 0 Å². The van der Waals surface area contributed by atoms with Gasteiger partial charge in [-0.25, -0.2) is 0 Å². The Bertz CT molecular complexity index is 177. The molecule has 1 aliphatic carbocycles. The van der Waals surface area contributed by atoms with Crippen molar-refractivity contribution in [2.24, 2.45) is 0 Å². The molecular formula is C8H16O2Si. The molecule has 64 valence electrons. The van der Waals surface area contributed by atoms with Gasteiger partial charge in [-0.1, -0.05) is 19.6 Å². The maximum Gasteiger partial charge on any atom is 0.308 e. The minimum absolute atomic E-state index is 0.0247. The predicted octanol–water partition coefficient (Wildman–Crippen LogP) is 2.03. The molecule has 1 rings (SSSR count). The summed E-state index contributed by atoms with van der Waals surface area (Å²) in [6.07, 6.45) is 2.10. The molecule has 0 atom stereocenters. The number of carbonyl (C=O) groups is 1. The molecule has 0 heterocycles. The molecule has 0 saturated heterocycles. The van der Waals surface area contributed by atoms with Gasteiger partial charge in [0, 0.05) is 0 Å². The Morgan fingerprint density at radius 3 is 1.91 bits per heavy atom. The normalized spacial score (nSPS) is 21.1. The second kappa shape index (κ2) is 2.34. The summed E-state index contributed by atoms with van der Waals surface area (Å²) in [5.74, 6) is 0.0247. The zero-order valence-electron chi connectivity index (χ0n) is 7.73. The highest BCUT2D eigenvalue weighted by Gasteiger charge is 2.59. The largest absolute Gasteiger partial charge is 0.469 e. The molecule has 0 aliphatic heterocycles. The smallest absolute Gasteiger partial charge is 0.308 e. The Kier molecular flexibility index (Phi) is 1.87. The second-order valence-corrected chi connectivity index (χ2v) is 9.78. The summed E-state index contributed by atoms with van der Waals surface area (Å²) in [5.41, 5.74) is 0. The lowest BCUT2D eigenvalue weighted by Crippen LogP contribution is -2.36. The molecule has 0 aromatic carbocycles. The van der Waals surface area contributed by atoms with Crippen molar-refractivity contribution in [2.45, 2.75) is 37.5 Å². The quantitative estimate of drug-likeness (QED) is 0.470. The van der Waals surface area contributed by atoms with Crippen LogP contribution < -0.4 is 0 Å². The van der Waals surface area contributed by atoms with E-state index in [0.29, 0.717) is 0 Å². The van der Waals surface area contributed by atoms with Crippen molar-refractivity contribution in [2.75, 3.05) is 7.11 Å². The van der Waals surface area contributed by atoms with E-state index < -0.39 is 8.07 Å². The minimum atomic E-state index is -1.33. The van der Waals surface area contributed by atoms with Crippen molar-refractivity contribution in [1.82, 2.24) is 0 Å². The molecule has 3 heteroatoms. The van der Waals surface area contributed by atoms with Crippen molar-refractivity contribution < 1.29 is 9.53 Å². The fourth-order valence-corrected chi connectivity index (χ4v) is 3.92. The third-order valence-corrected chi connectivity index (χ3v) is 6.34. The first kappa shape index (κ1) is 8.78. The van der Waals surface area contributed by atoms with Crippen LogP contribution in [-0.2, 0) is 9.53 Å². The Hall–Kier alpha value is -0.313. The second-order valence-electron chi connectivity index (χ2n) is 4.32. The maximum atomic E-state index is 11.4. The first-order valence-corrected chi connectivity index (χ1v) is 7.52. The Morgan fingerprint density at radius 1 is 1.36 bits per heavy atom. The fraction of sp³-hybridized carbons (Fsp3) is 0.875. The SMILES string of the molecule is COC(=O)C1([Si](C)(C)C)CC1. The van der Waals surface area contributed by atoms with Crippen LogP contribution in [0.2, 0.25) is 24.7 Å². The van der Waals surface area contributed by atoms with Gasteiger partial charge in [-0.2, -0.15) is 0 Å². The van der Waals surface area contributed by atoms with Gasteiger partial charge in [0.05, 0.1) is 20.2 Å². The average molecular weight is 172 g/mol. The van der Waals surface area contributed by atoms with Crippen molar-refractivity contribution >= 4 is 14.0 Å². The highest BCUT2D eigenvalue weighted by atomic mass is 28.3. The number of rotatable bonds is 2. The molecule has 0 N–H and O–H groups in total. The summed E-state index contributed by atoms with van der Waals surface area (Å²) >= 11 is 0. The lowest BCUT2D eigenvalue weighted by molar-refractivity contribution is -0.141. The van der Waals surface area contributed by atoms with E-state index >= 15 is 0 Å². The molecule has 11 heavy (non-hydrogen) atoms.